The van der Waals surface area contributed by atoms with Crippen molar-refractivity contribution < 1.29 is 4.39 Å². The van der Waals surface area contributed by atoms with Gasteiger partial charge >= 0.3 is 0 Å². The lowest BCUT2D eigenvalue weighted by Gasteiger charge is -2.31. The Morgan fingerprint density at radius 2 is 1.71 bits per heavy atom. The third-order valence-corrected chi connectivity index (χ3v) is 5.44. The summed E-state index contributed by atoms with van der Waals surface area (Å²) >= 11 is 21.9. The second-order valence-corrected chi connectivity index (χ2v) is 6.77. The van der Waals surface area contributed by atoms with E-state index in [9.17, 15) is 4.39 Å². The number of benzene rings is 2. The summed E-state index contributed by atoms with van der Waals surface area (Å²) in [5, 5.41) is 0.497. The van der Waals surface area contributed by atoms with Crippen molar-refractivity contribution in [3.63, 3.8) is 0 Å². The molecule has 0 nitrogen and oxygen atoms in total. The molecule has 0 aromatic heterocycles. The molecule has 0 saturated carbocycles. The summed E-state index contributed by atoms with van der Waals surface area (Å²) in [6.45, 7) is 0. The molecule has 0 unspecified atom stereocenters. The van der Waals surface area contributed by atoms with Gasteiger partial charge in [-0.3, -0.25) is 0 Å². The molecule has 112 valence electrons. The Morgan fingerprint density at radius 1 is 1.05 bits per heavy atom. The van der Waals surface area contributed by atoms with Crippen LogP contribution in [0.1, 0.15) is 11.1 Å². The average molecular weight is 411 g/mol. The first-order chi connectivity index (χ1) is 10.0. The molecule has 0 atom stereocenters. The first-order valence-corrected chi connectivity index (χ1v) is 8.57. The summed E-state index contributed by atoms with van der Waals surface area (Å²) < 4.78 is 14.9. The lowest BCUT2D eigenvalue weighted by Crippen LogP contribution is -2.34. The van der Waals surface area contributed by atoms with E-state index in [0.717, 1.165) is 10.0 Å². The fourth-order valence-corrected chi connectivity index (χ4v) is 3.97. The highest BCUT2D eigenvalue weighted by atomic mass is 79.9. The van der Waals surface area contributed by atoms with Crippen LogP contribution in [0.2, 0.25) is 5.02 Å². The van der Waals surface area contributed by atoms with Crippen molar-refractivity contribution in [2.75, 3.05) is 11.8 Å². The highest BCUT2D eigenvalue weighted by Gasteiger charge is 2.33. The van der Waals surface area contributed by atoms with E-state index < -0.39 is 5.41 Å². The third kappa shape index (κ3) is 3.73. The maximum atomic E-state index is 14.0. The molecule has 2 rings (SSSR count). The van der Waals surface area contributed by atoms with Gasteiger partial charge in [-0.15, -0.1) is 23.2 Å². The van der Waals surface area contributed by atoms with Crippen LogP contribution >= 0.6 is 50.7 Å². The SMILES string of the molecule is Fc1ccc(Cl)cc1CC(CCl)(CCl)c1ccccc1Br. The van der Waals surface area contributed by atoms with Gasteiger partial charge in [0.1, 0.15) is 5.82 Å². The molecule has 0 radical (unpaired) electrons. The molecule has 0 heterocycles. The molecule has 0 bridgehead atoms. The van der Waals surface area contributed by atoms with Crippen LogP contribution in [-0.2, 0) is 11.8 Å². The molecule has 21 heavy (non-hydrogen) atoms. The molecule has 0 spiro atoms. The van der Waals surface area contributed by atoms with E-state index >= 15 is 0 Å². The largest absolute Gasteiger partial charge is 0.207 e. The second kappa shape index (κ2) is 7.32. The van der Waals surface area contributed by atoms with Crippen molar-refractivity contribution in [2.24, 2.45) is 0 Å². The monoisotopic (exact) mass is 408 g/mol. The molecule has 2 aromatic rings. The lowest BCUT2D eigenvalue weighted by molar-refractivity contribution is 0.510. The molecule has 5 heteroatoms. The van der Waals surface area contributed by atoms with Gasteiger partial charge in [0.15, 0.2) is 0 Å². The normalized spacial score (nSPS) is 11.7. The van der Waals surface area contributed by atoms with Gasteiger partial charge in [0, 0.05) is 26.7 Å². The average Bonchev–Trinajstić information content (AvgIpc) is 2.49. The van der Waals surface area contributed by atoms with Gasteiger partial charge in [-0.25, -0.2) is 4.39 Å². The van der Waals surface area contributed by atoms with E-state index in [2.05, 4.69) is 15.9 Å². The Balaban J connectivity index is 2.48. The number of hydrogen-bond acceptors (Lipinski definition) is 0. The van der Waals surface area contributed by atoms with Crippen LogP contribution in [-0.4, -0.2) is 11.8 Å². The summed E-state index contributed by atoms with van der Waals surface area (Å²) in [6.07, 6.45) is 0.384. The van der Waals surface area contributed by atoms with Crippen LogP contribution in [0.4, 0.5) is 4.39 Å². The van der Waals surface area contributed by atoms with E-state index in [0.29, 0.717) is 17.0 Å². The zero-order chi connectivity index (χ0) is 15.5. The van der Waals surface area contributed by atoms with E-state index in [1.165, 1.54) is 12.1 Å². The summed E-state index contributed by atoms with van der Waals surface area (Å²) in [7, 11) is 0. The molecule has 0 aliphatic rings. The Hall–Kier alpha value is -0.280. The van der Waals surface area contributed by atoms with E-state index in [1.807, 2.05) is 24.3 Å². The van der Waals surface area contributed by atoms with Crippen molar-refractivity contribution in [1.82, 2.24) is 0 Å². The van der Waals surface area contributed by atoms with Crippen molar-refractivity contribution in [1.29, 1.82) is 0 Å². The van der Waals surface area contributed by atoms with Crippen LogP contribution in [0.15, 0.2) is 46.9 Å². The van der Waals surface area contributed by atoms with Gasteiger partial charge in [-0.1, -0.05) is 45.7 Å². The van der Waals surface area contributed by atoms with Gasteiger partial charge in [-0.05, 0) is 41.8 Å². The molecule has 0 amide bonds. The summed E-state index contributed by atoms with van der Waals surface area (Å²) in [4.78, 5) is 0. The van der Waals surface area contributed by atoms with Crippen molar-refractivity contribution in [3.05, 3.63) is 68.9 Å². The van der Waals surface area contributed by atoms with Crippen molar-refractivity contribution >= 4 is 50.7 Å². The molecule has 0 fully saturated rings. The standard InChI is InChI=1S/C16H13BrCl3F/c17-14-4-2-1-3-13(14)16(9-18,10-19)8-11-7-12(20)5-6-15(11)21/h1-7H,8-10H2. The molecule has 0 saturated heterocycles. The summed E-state index contributed by atoms with van der Waals surface area (Å²) in [5.74, 6) is 0.266. The van der Waals surface area contributed by atoms with Crippen LogP contribution in [0.25, 0.3) is 0 Å². The minimum Gasteiger partial charge on any atom is -0.207 e. The Kier molecular flexibility index (Phi) is 5.96. The van der Waals surface area contributed by atoms with Gasteiger partial charge < -0.3 is 0 Å². The van der Waals surface area contributed by atoms with Crippen LogP contribution in [0.3, 0.4) is 0 Å². The Labute approximate surface area is 147 Å². The summed E-state index contributed by atoms with van der Waals surface area (Å²) in [6, 6.07) is 12.2. The number of halogens is 5. The molecule has 0 aliphatic heterocycles. The van der Waals surface area contributed by atoms with Gasteiger partial charge in [0.25, 0.3) is 0 Å². The molecular formula is C16H13BrCl3F. The number of alkyl halides is 2. The van der Waals surface area contributed by atoms with E-state index in [1.54, 1.807) is 6.07 Å². The smallest absolute Gasteiger partial charge is 0.126 e. The van der Waals surface area contributed by atoms with Gasteiger partial charge in [0.2, 0.25) is 0 Å². The molecular weight excluding hydrogens is 397 g/mol. The number of hydrogen-bond donors (Lipinski definition) is 0. The topological polar surface area (TPSA) is 0 Å². The predicted octanol–water partition coefficient (Wildman–Crippen LogP) is 6.20. The van der Waals surface area contributed by atoms with Crippen LogP contribution in [0.5, 0.6) is 0 Å². The van der Waals surface area contributed by atoms with Gasteiger partial charge in [0.05, 0.1) is 0 Å². The van der Waals surface area contributed by atoms with Crippen LogP contribution < -0.4 is 0 Å². The minimum atomic E-state index is -0.561. The first-order valence-electron chi connectivity index (χ1n) is 6.33. The fraction of sp³-hybridized carbons (Fsp3) is 0.250. The maximum absolute atomic E-state index is 14.0. The number of rotatable bonds is 5. The predicted molar refractivity (Wildman–Crippen MR) is 92.4 cm³/mol. The summed E-state index contributed by atoms with van der Waals surface area (Å²) in [5.41, 5.74) is 0.920. The zero-order valence-corrected chi connectivity index (χ0v) is 14.9. The van der Waals surface area contributed by atoms with Gasteiger partial charge in [-0.2, -0.15) is 0 Å². The molecule has 0 aliphatic carbocycles. The lowest BCUT2D eigenvalue weighted by atomic mass is 9.78. The maximum Gasteiger partial charge on any atom is 0.126 e. The van der Waals surface area contributed by atoms with E-state index in [-0.39, 0.29) is 17.6 Å². The molecule has 0 N–H and O–H groups in total. The highest BCUT2D eigenvalue weighted by molar-refractivity contribution is 9.10. The minimum absolute atomic E-state index is 0.283. The zero-order valence-electron chi connectivity index (χ0n) is 11.1. The van der Waals surface area contributed by atoms with Crippen molar-refractivity contribution in [2.45, 2.75) is 11.8 Å². The quantitative estimate of drug-likeness (QED) is 0.515. The Bertz CT molecular complexity index is 627. The van der Waals surface area contributed by atoms with Crippen molar-refractivity contribution in [3.8, 4) is 0 Å². The Morgan fingerprint density at radius 3 is 2.33 bits per heavy atom. The first kappa shape index (κ1) is 17.1. The highest BCUT2D eigenvalue weighted by Crippen LogP contribution is 2.37. The fourth-order valence-electron chi connectivity index (χ4n) is 2.30. The second-order valence-electron chi connectivity index (χ2n) is 4.94. The third-order valence-electron chi connectivity index (χ3n) is 3.49. The van der Waals surface area contributed by atoms with E-state index in [4.69, 9.17) is 34.8 Å². The van der Waals surface area contributed by atoms with Crippen LogP contribution in [0, 0.1) is 5.82 Å². The molecule has 2 aromatic carbocycles.